The van der Waals surface area contributed by atoms with Gasteiger partial charge in [-0.25, -0.2) is 4.79 Å². The molecule has 4 heteroatoms. The van der Waals surface area contributed by atoms with Crippen LogP contribution in [0.2, 0.25) is 0 Å². The number of rotatable bonds is 3. The van der Waals surface area contributed by atoms with Crippen LogP contribution in [0.15, 0.2) is 30.3 Å². The summed E-state index contributed by atoms with van der Waals surface area (Å²) in [6.07, 6.45) is 0.768. The Hall–Kier alpha value is -1.55. The van der Waals surface area contributed by atoms with Crippen molar-refractivity contribution in [2.24, 2.45) is 0 Å². The lowest BCUT2D eigenvalue weighted by Crippen LogP contribution is -2.45. The lowest BCUT2D eigenvalue weighted by molar-refractivity contribution is 0.103. The standard InChI is InChI=1S/C16H24N2O2/c1-16(2,3)17-14-9-10-18(11-14)15(19)20-12-13-7-5-4-6-8-13/h4-8,14,17H,9-12H2,1-3H3/t14-/m1/s1. The molecule has 4 nitrogen and oxygen atoms in total. The molecule has 1 aromatic carbocycles. The lowest BCUT2D eigenvalue weighted by atomic mass is 10.1. The van der Waals surface area contributed by atoms with Crippen LogP contribution >= 0.6 is 0 Å². The van der Waals surface area contributed by atoms with Gasteiger partial charge in [0.15, 0.2) is 0 Å². The maximum Gasteiger partial charge on any atom is 0.410 e. The summed E-state index contributed by atoms with van der Waals surface area (Å²) in [5.74, 6) is 0. The minimum absolute atomic E-state index is 0.0780. The average molecular weight is 276 g/mol. The second-order valence-electron chi connectivity index (χ2n) is 6.37. The summed E-state index contributed by atoms with van der Waals surface area (Å²) in [4.78, 5) is 13.8. The molecule has 0 saturated carbocycles. The molecule has 0 bridgehead atoms. The van der Waals surface area contributed by atoms with Gasteiger partial charge < -0.3 is 15.0 Å². The molecule has 1 atom stereocenters. The van der Waals surface area contributed by atoms with Crippen LogP contribution in [0.1, 0.15) is 32.8 Å². The zero-order valence-electron chi connectivity index (χ0n) is 12.6. The van der Waals surface area contributed by atoms with E-state index in [2.05, 4.69) is 26.1 Å². The Labute approximate surface area is 121 Å². The monoisotopic (exact) mass is 276 g/mol. The molecular formula is C16H24N2O2. The van der Waals surface area contributed by atoms with Crippen LogP contribution in [-0.4, -0.2) is 35.7 Å². The smallest absolute Gasteiger partial charge is 0.410 e. The Morgan fingerprint density at radius 2 is 2.05 bits per heavy atom. The third kappa shape index (κ3) is 4.53. The molecule has 1 aliphatic heterocycles. The summed E-state index contributed by atoms with van der Waals surface area (Å²) in [7, 11) is 0. The average Bonchev–Trinajstić information content (AvgIpc) is 2.83. The summed E-state index contributed by atoms with van der Waals surface area (Å²) >= 11 is 0. The van der Waals surface area contributed by atoms with Crippen LogP contribution in [0, 0.1) is 0 Å². The van der Waals surface area contributed by atoms with Crippen LogP contribution in [0.3, 0.4) is 0 Å². The predicted molar refractivity (Wildman–Crippen MR) is 79.5 cm³/mol. The number of benzene rings is 1. The quantitative estimate of drug-likeness (QED) is 0.923. The van der Waals surface area contributed by atoms with Crippen molar-refractivity contribution in [3.63, 3.8) is 0 Å². The molecular weight excluding hydrogens is 252 g/mol. The van der Waals surface area contributed by atoms with Gasteiger partial charge in [0, 0.05) is 24.7 Å². The fourth-order valence-corrected chi connectivity index (χ4v) is 2.47. The summed E-state index contributed by atoms with van der Waals surface area (Å²) in [6.45, 7) is 8.26. The second kappa shape index (κ2) is 6.27. The van der Waals surface area contributed by atoms with Crippen LogP contribution in [-0.2, 0) is 11.3 Å². The van der Waals surface area contributed by atoms with Crippen molar-refractivity contribution in [1.29, 1.82) is 0 Å². The third-order valence-electron chi connectivity index (χ3n) is 3.29. The highest BCUT2D eigenvalue weighted by atomic mass is 16.6. The first kappa shape index (κ1) is 14.9. The Balaban J connectivity index is 1.77. The van der Waals surface area contributed by atoms with Gasteiger partial charge in [-0.2, -0.15) is 0 Å². The molecule has 20 heavy (non-hydrogen) atoms. The van der Waals surface area contributed by atoms with Crippen LogP contribution < -0.4 is 5.32 Å². The molecule has 1 aromatic rings. The van der Waals surface area contributed by atoms with Crippen molar-refractivity contribution in [1.82, 2.24) is 10.2 Å². The van der Waals surface area contributed by atoms with Gasteiger partial charge in [0.2, 0.25) is 0 Å². The van der Waals surface area contributed by atoms with E-state index in [1.807, 2.05) is 30.3 Å². The van der Waals surface area contributed by atoms with E-state index >= 15 is 0 Å². The Kier molecular flexibility index (Phi) is 4.65. The second-order valence-corrected chi connectivity index (χ2v) is 6.37. The molecule has 1 amide bonds. The fraction of sp³-hybridized carbons (Fsp3) is 0.562. The number of carbonyl (C=O) groups is 1. The van der Waals surface area contributed by atoms with Gasteiger partial charge in [0.05, 0.1) is 0 Å². The fourth-order valence-electron chi connectivity index (χ4n) is 2.47. The van der Waals surface area contributed by atoms with Crippen LogP contribution in [0.4, 0.5) is 4.79 Å². The predicted octanol–water partition coefficient (Wildman–Crippen LogP) is 2.79. The Bertz CT molecular complexity index is 440. The normalized spacial score (nSPS) is 19.1. The first-order valence-electron chi connectivity index (χ1n) is 7.17. The zero-order valence-corrected chi connectivity index (χ0v) is 12.6. The van der Waals surface area contributed by atoms with Crippen molar-refractivity contribution < 1.29 is 9.53 Å². The molecule has 0 unspecified atom stereocenters. The SMILES string of the molecule is CC(C)(C)N[C@@H]1CCN(C(=O)OCc2ccccc2)C1. The largest absolute Gasteiger partial charge is 0.445 e. The van der Waals surface area contributed by atoms with Crippen molar-refractivity contribution >= 4 is 6.09 Å². The van der Waals surface area contributed by atoms with Crippen molar-refractivity contribution in [2.45, 2.75) is 45.4 Å². The molecule has 1 fully saturated rings. The van der Waals surface area contributed by atoms with Crippen LogP contribution in [0.25, 0.3) is 0 Å². The number of amides is 1. The first-order valence-corrected chi connectivity index (χ1v) is 7.17. The highest BCUT2D eigenvalue weighted by Crippen LogP contribution is 2.14. The molecule has 0 aliphatic carbocycles. The number of hydrogen-bond donors (Lipinski definition) is 1. The van der Waals surface area contributed by atoms with Gasteiger partial charge in [-0.3, -0.25) is 0 Å². The van der Waals surface area contributed by atoms with E-state index in [1.165, 1.54) is 0 Å². The number of likely N-dealkylation sites (tertiary alicyclic amines) is 1. The van der Waals surface area contributed by atoms with E-state index in [9.17, 15) is 4.79 Å². The molecule has 0 radical (unpaired) electrons. The summed E-state index contributed by atoms with van der Waals surface area (Å²) in [5.41, 5.74) is 1.10. The van der Waals surface area contributed by atoms with E-state index < -0.39 is 0 Å². The molecule has 1 heterocycles. The molecule has 2 rings (SSSR count). The van der Waals surface area contributed by atoms with Gasteiger partial charge in [-0.15, -0.1) is 0 Å². The Morgan fingerprint density at radius 3 is 2.70 bits per heavy atom. The van der Waals surface area contributed by atoms with Crippen molar-refractivity contribution in [3.8, 4) is 0 Å². The van der Waals surface area contributed by atoms with Gasteiger partial charge in [-0.05, 0) is 32.8 Å². The van der Waals surface area contributed by atoms with E-state index in [4.69, 9.17) is 4.74 Å². The molecule has 0 spiro atoms. The number of ether oxygens (including phenoxy) is 1. The minimum Gasteiger partial charge on any atom is -0.445 e. The van der Waals surface area contributed by atoms with Gasteiger partial charge in [0.25, 0.3) is 0 Å². The van der Waals surface area contributed by atoms with Crippen molar-refractivity contribution in [3.05, 3.63) is 35.9 Å². The number of hydrogen-bond acceptors (Lipinski definition) is 3. The number of carbonyl (C=O) groups excluding carboxylic acids is 1. The first-order chi connectivity index (χ1) is 9.44. The molecule has 0 aromatic heterocycles. The van der Waals surface area contributed by atoms with Gasteiger partial charge in [0.1, 0.15) is 6.61 Å². The van der Waals surface area contributed by atoms with Gasteiger partial charge >= 0.3 is 6.09 Å². The lowest BCUT2D eigenvalue weighted by Gasteiger charge is -2.25. The highest BCUT2D eigenvalue weighted by molar-refractivity contribution is 5.68. The van der Waals surface area contributed by atoms with E-state index in [-0.39, 0.29) is 11.6 Å². The minimum atomic E-state index is -0.216. The molecule has 1 saturated heterocycles. The van der Waals surface area contributed by atoms with Crippen LogP contribution in [0.5, 0.6) is 0 Å². The highest BCUT2D eigenvalue weighted by Gasteiger charge is 2.29. The topological polar surface area (TPSA) is 41.6 Å². The Morgan fingerprint density at radius 1 is 1.35 bits per heavy atom. The summed E-state index contributed by atoms with van der Waals surface area (Å²) < 4.78 is 5.35. The molecule has 1 N–H and O–H groups in total. The van der Waals surface area contributed by atoms with E-state index in [1.54, 1.807) is 4.90 Å². The maximum absolute atomic E-state index is 12.0. The summed E-state index contributed by atoms with van der Waals surface area (Å²) in [5, 5.41) is 3.53. The van der Waals surface area contributed by atoms with Crippen molar-refractivity contribution in [2.75, 3.05) is 13.1 Å². The van der Waals surface area contributed by atoms with E-state index in [0.717, 1.165) is 25.1 Å². The number of nitrogens with zero attached hydrogens (tertiary/aromatic N) is 1. The van der Waals surface area contributed by atoms with Gasteiger partial charge in [-0.1, -0.05) is 30.3 Å². The molecule has 110 valence electrons. The number of nitrogens with one attached hydrogen (secondary N) is 1. The summed E-state index contributed by atoms with van der Waals surface area (Å²) in [6, 6.07) is 10.1. The van der Waals surface area contributed by atoms with E-state index in [0.29, 0.717) is 12.6 Å². The maximum atomic E-state index is 12.0. The third-order valence-corrected chi connectivity index (χ3v) is 3.29. The molecule has 1 aliphatic rings. The zero-order chi connectivity index (χ0) is 14.6.